The minimum absolute atomic E-state index is 0.225. The lowest BCUT2D eigenvalue weighted by Crippen LogP contribution is -2.45. The molecule has 0 bridgehead atoms. The molecule has 1 saturated heterocycles. The highest BCUT2D eigenvalue weighted by Gasteiger charge is 2.30. The van der Waals surface area contributed by atoms with Gasteiger partial charge in [0.2, 0.25) is 5.91 Å². The summed E-state index contributed by atoms with van der Waals surface area (Å²) < 4.78 is 0. The van der Waals surface area contributed by atoms with Crippen LogP contribution < -0.4 is 15.5 Å². The van der Waals surface area contributed by atoms with Crippen molar-refractivity contribution in [2.45, 2.75) is 63.5 Å². The number of aliphatic imine (C=N–C) groups is 1. The Hall–Kier alpha value is -2.08. The van der Waals surface area contributed by atoms with E-state index >= 15 is 0 Å². The monoisotopic (exact) mass is 397 g/mol. The zero-order valence-electron chi connectivity index (χ0n) is 17.7. The quantitative estimate of drug-likeness (QED) is 0.440. The number of guanidine groups is 1. The third kappa shape index (κ3) is 4.92. The number of nitrogens with zero attached hydrogens (tertiary/aromatic N) is 3. The van der Waals surface area contributed by atoms with Gasteiger partial charge in [0.15, 0.2) is 5.96 Å². The Morgan fingerprint density at radius 2 is 2.00 bits per heavy atom. The van der Waals surface area contributed by atoms with Gasteiger partial charge in [-0.2, -0.15) is 0 Å². The Kier molecular flexibility index (Phi) is 6.70. The molecule has 2 N–H and O–H groups in total. The molecule has 29 heavy (non-hydrogen) atoms. The summed E-state index contributed by atoms with van der Waals surface area (Å²) in [5, 5.41) is 6.97. The summed E-state index contributed by atoms with van der Waals surface area (Å²) in [6.45, 7) is 3.90. The van der Waals surface area contributed by atoms with E-state index in [2.05, 4.69) is 32.7 Å². The molecule has 1 amide bonds. The van der Waals surface area contributed by atoms with Crippen LogP contribution in [0.5, 0.6) is 0 Å². The Bertz CT molecular complexity index is 728. The van der Waals surface area contributed by atoms with Crippen molar-refractivity contribution in [1.29, 1.82) is 0 Å². The maximum absolute atomic E-state index is 12.6. The number of benzene rings is 1. The molecule has 6 heteroatoms. The van der Waals surface area contributed by atoms with E-state index in [1.54, 1.807) is 0 Å². The first-order valence-electron chi connectivity index (χ1n) is 11.3. The molecule has 1 atom stereocenters. The van der Waals surface area contributed by atoms with Crippen LogP contribution in [0.3, 0.4) is 0 Å². The second-order valence-electron chi connectivity index (χ2n) is 8.59. The van der Waals surface area contributed by atoms with Gasteiger partial charge in [0, 0.05) is 57.4 Å². The fraction of sp³-hybridized carbons (Fsp3) is 0.652. The number of carbonyl (C=O) groups is 1. The highest BCUT2D eigenvalue weighted by atomic mass is 16.2. The van der Waals surface area contributed by atoms with E-state index in [1.807, 2.05) is 24.1 Å². The molecule has 1 aliphatic carbocycles. The number of amides is 1. The van der Waals surface area contributed by atoms with Crippen molar-refractivity contribution in [2.75, 3.05) is 38.1 Å². The Morgan fingerprint density at radius 3 is 2.83 bits per heavy atom. The maximum Gasteiger partial charge on any atom is 0.227 e. The normalized spacial score (nSPS) is 22.9. The number of para-hydroxylation sites is 1. The fourth-order valence-electron chi connectivity index (χ4n) is 5.07. The molecule has 0 aromatic heterocycles. The van der Waals surface area contributed by atoms with Crippen LogP contribution in [0.15, 0.2) is 29.3 Å². The van der Waals surface area contributed by atoms with Gasteiger partial charge < -0.3 is 15.5 Å². The molecular weight excluding hydrogens is 362 g/mol. The third-order valence-electron chi connectivity index (χ3n) is 6.67. The standard InChI is InChI=1S/C23H35N5O/c1-24-23(26-19-13-15-27(17-19)20-8-3-4-9-20)25-14-6-11-22(29)28-16-12-18-7-2-5-10-21(18)28/h2,5,7,10,19-20H,3-4,6,8-9,11-17H2,1H3,(H2,24,25,26). The Balaban J connectivity index is 1.16. The van der Waals surface area contributed by atoms with Crippen LogP contribution in [-0.4, -0.2) is 62.1 Å². The van der Waals surface area contributed by atoms with Crippen LogP contribution in [0, 0.1) is 0 Å². The van der Waals surface area contributed by atoms with Gasteiger partial charge in [0.25, 0.3) is 0 Å². The molecule has 1 aromatic rings. The zero-order valence-corrected chi connectivity index (χ0v) is 17.7. The van der Waals surface area contributed by atoms with Crippen molar-refractivity contribution in [3.05, 3.63) is 29.8 Å². The highest BCUT2D eigenvalue weighted by molar-refractivity contribution is 5.95. The van der Waals surface area contributed by atoms with Gasteiger partial charge in [-0.3, -0.25) is 14.7 Å². The second-order valence-corrected chi connectivity index (χ2v) is 8.59. The van der Waals surface area contributed by atoms with E-state index in [0.29, 0.717) is 12.5 Å². The summed E-state index contributed by atoms with van der Waals surface area (Å²) in [6, 6.07) is 9.52. The highest BCUT2D eigenvalue weighted by Crippen LogP contribution is 2.28. The molecule has 1 unspecified atom stereocenters. The number of nitrogens with one attached hydrogen (secondary N) is 2. The average Bonchev–Trinajstić information content (AvgIpc) is 3.50. The Labute approximate surface area is 174 Å². The van der Waals surface area contributed by atoms with Gasteiger partial charge >= 0.3 is 0 Å². The molecule has 4 rings (SSSR count). The van der Waals surface area contributed by atoms with E-state index in [-0.39, 0.29) is 5.91 Å². The van der Waals surface area contributed by atoms with E-state index in [0.717, 1.165) is 50.2 Å². The average molecular weight is 398 g/mol. The summed E-state index contributed by atoms with van der Waals surface area (Å²) >= 11 is 0. The summed E-state index contributed by atoms with van der Waals surface area (Å²) in [4.78, 5) is 21.6. The van der Waals surface area contributed by atoms with E-state index in [4.69, 9.17) is 0 Å². The number of hydrogen-bond acceptors (Lipinski definition) is 3. The minimum atomic E-state index is 0.225. The van der Waals surface area contributed by atoms with Gasteiger partial charge in [-0.25, -0.2) is 0 Å². The lowest BCUT2D eigenvalue weighted by atomic mass is 10.2. The number of hydrogen-bond donors (Lipinski definition) is 2. The first-order valence-corrected chi connectivity index (χ1v) is 11.3. The minimum Gasteiger partial charge on any atom is -0.356 e. The SMILES string of the molecule is CN=C(NCCCC(=O)N1CCc2ccccc21)NC1CCN(C2CCCC2)C1. The van der Waals surface area contributed by atoms with Gasteiger partial charge in [-0.05, 0) is 43.7 Å². The summed E-state index contributed by atoms with van der Waals surface area (Å²) in [5.74, 6) is 1.09. The van der Waals surface area contributed by atoms with E-state index < -0.39 is 0 Å². The van der Waals surface area contributed by atoms with Crippen LogP contribution in [-0.2, 0) is 11.2 Å². The molecule has 0 radical (unpaired) electrons. The first kappa shape index (κ1) is 20.2. The lowest BCUT2D eigenvalue weighted by molar-refractivity contribution is -0.118. The molecule has 0 spiro atoms. The zero-order chi connectivity index (χ0) is 20.1. The van der Waals surface area contributed by atoms with Gasteiger partial charge in [0.05, 0.1) is 0 Å². The number of fused-ring (bicyclic) bond motifs is 1. The number of anilines is 1. The van der Waals surface area contributed by atoms with Crippen molar-refractivity contribution >= 4 is 17.6 Å². The smallest absolute Gasteiger partial charge is 0.227 e. The van der Waals surface area contributed by atoms with Crippen molar-refractivity contribution in [1.82, 2.24) is 15.5 Å². The second kappa shape index (κ2) is 9.61. The summed E-state index contributed by atoms with van der Waals surface area (Å²) in [6.07, 6.45) is 9.06. The molecule has 1 saturated carbocycles. The number of likely N-dealkylation sites (tertiary alicyclic amines) is 1. The first-order chi connectivity index (χ1) is 14.2. The molecule has 1 aromatic carbocycles. The molecule has 6 nitrogen and oxygen atoms in total. The molecular formula is C23H35N5O. The van der Waals surface area contributed by atoms with Crippen LogP contribution in [0.25, 0.3) is 0 Å². The van der Waals surface area contributed by atoms with Crippen LogP contribution in [0.4, 0.5) is 5.69 Å². The molecule has 3 aliphatic rings. The number of carbonyl (C=O) groups excluding carboxylic acids is 1. The molecule has 158 valence electrons. The summed E-state index contributed by atoms with van der Waals surface area (Å²) in [5.41, 5.74) is 2.38. The fourth-order valence-corrected chi connectivity index (χ4v) is 5.07. The van der Waals surface area contributed by atoms with Crippen molar-refractivity contribution in [3.63, 3.8) is 0 Å². The predicted octanol–water partition coefficient (Wildman–Crippen LogP) is 2.54. The van der Waals surface area contributed by atoms with Crippen molar-refractivity contribution in [3.8, 4) is 0 Å². The van der Waals surface area contributed by atoms with E-state index in [9.17, 15) is 4.79 Å². The van der Waals surface area contributed by atoms with Crippen molar-refractivity contribution in [2.24, 2.45) is 4.99 Å². The van der Waals surface area contributed by atoms with Crippen molar-refractivity contribution < 1.29 is 4.79 Å². The van der Waals surface area contributed by atoms with E-state index in [1.165, 1.54) is 44.2 Å². The predicted molar refractivity (Wildman–Crippen MR) is 118 cm³/mol. The largest absolute Gasteiger partial charge is 0.356 e. The van der Waals surface area contributed by atoms with Gasteiger partial charge in [0.1, 0.15) is 0 Å². The Morgan fingerprint density at radius 1 is 1.17 bits per heavy atom. The third-order valence-corrected chi connectivity index (χ3v) is 6.67. The maximum atomic E-state index is 12.6. The topological polar surface area (TPSA) is 60.0 Å². The lowest BCUT2D eigenvalue weighted by Gasteiger charge is -2.24. The van der Waals surface area contributed by atoms with Crippen LogP contribution in [0.2, 0.25) is 0 Å². The van der Waals surface area contributed by atoms with Gasteiger partial charge in [-0.1, -0.05) is 31.0 Å². The number of rotatable bonds is 6. The molecule has 2 fully saturated rings. The summed E-state index contributed by atoms with van der Waals surface area (Å²) in [7, 11) is 1.82. The van der Waals surface area contributed by atoms with Crippen LogP contribution in [0.1, 0.15) is 50.5 Å². The van der Waals surface area contributed by atoms with Gasteiger partial charge in [-0.15, -0.1) is 0 Å². The van der Waals surface area contributed by atoms with Crippen LogP contribution >= 0.6 is 0 Å². The molecule has 2 heterocycles. The molecule has 2 aliphatic heterocycles.